The Morgan fingerprint density at radius 3 is 2.77 bits per heavy atom. The standard InChI is InChI=1S/C17H20N4O4S/c1-2-21(12-7-8-26(24,25)10-12)16-9-15(18-11-19-16)20-14-6-4-3-5-13(14)17(22)23/h3-6,9,11-12H,2,7-8,10H2,1H3,(H,22,23)(H,18,19,20). The normalized spacial score (nSPS) is 18.4. The van der Waals surface area contributed by atoms with Gasteiger partial charge in [-0.15, -0.1) is 0 Å². The molecule has 0 aliphatic carbocycles. The highest BCUT2D eigenvalue weighted by atomic mass is 32.2. The number of nitrogens with zero attached hydrogens (tertiary/aromatic N) is 3. The van der Waals surface area contributed by atoms with Crippen LogP contribution in [0.5, 0.6) is 0 Å². The van der Waals surface area contributed by atoms with Crippen LogP contribution in [-0.2, 0) is 9.84 Å². The summed E-state index contributed by atoms with van der Waals surface area (Å²) in [5, 5.41) is 12.3. The zero-order valence-corrected chi connectivity index (χ0v) is 15.1. The third-order valence-corrected chi connectivity index (χ3v) is 6.11. The van der Waals surface area contributed by atoms with Gasteiger partial charge in [0.25, 0.3) is 0 Å². The number of para-hydroxylation sites is 1. The Hall–Kier alpha value is -2.68. The molecule has 0 bridgehead atoms. The average Bonchev–Trinajstić information content (AvgIpc) is 2.96. The van der Waals surface area contributed by atoms with Crippen molar-refractivity contribution in [3.05, 3.63) is 42.2 Å². The highest BCUT2D eigenvalue weighted by molar-refractivity contribution is 7.91. The molecule has 1 aromatic heterocycles. The minimum atomic E-state index is -3.00. The fourth-order valence-corrected chi connectivity index (χ4v) is 4.85. The number of anilines is 3. The molecule has 1 aromatic carbocycles. The van der Waals surface area contributed by atoms with Gasteiger partial charge in [0, 0.05) is 18.7 Å². The molecule has 2 N–H and O–H groups in total. The molecule has 1 aliphatic rings. The van der Waals surface area contributed by atoms with Crippen molar-refractivity contribution < 1.29 is 18.3 Å². The van der Waals surface area contributed by atoms with Gasteiger partial charge in [-0.2, -0.15) is 0 Å². The van der Waals surface area contributed by atoms with Crippen LogP contribution in [0, 0.1) is 0 Å². The Morgan fingerprint density at radius 1 is 1.35 bits per heavy atom. The molecule has 1 atom stereocenters. The van der Waals surface area contributed by atoms with Crippen LogP contribution >= 0.6 is 0 Å². The second-order valence-electron chi connectivity index (χ2n) is 6.08. The van der Waals surface area contributed by atoms with Crippen molar-refractivity contribution in [3.63, 3.8) is 0 Å². The molecule has 0 radical (unpaired) electrons. The first-order chi connectivity index (χ1) is 12.4. The topological polar surface area (TPSA) is 112 Å². The Bertz CT molecular complexity index is 916. The maximum Gasteiger partial charge on any atom is 0.337 e. The highest BCUT2D eigenvalue weighted by Gasteiger charge is 2.32. The van der Waals surface area contributed by atoms with E-state index in [9.17, 15) is 18.3 Å². The van der Waals surface area contributed by atoms with E-state index >= 15 is 0 Å². The van der Waals surface area contributed by atoms with Gasteiger partial charge in [-0.25, -0.2) is 23.2 Å². The van der Waals surface area contributed by atoms with E-state index < -0.39 is 15.8 Å². The number of carboxylic acid groups (broad SMARTS) is 1. The van der Waals surface area contributed by atoms with Gasteiger partial charge < -0.3 is 15.3 Å². The molecular weight excluding hydrogens is 356 g/mol. The number of benzene rings is 1. The Balaban J connectivity index is 1.85. The Kier molecular flexibility index (Phi) is 5.08. The number of aromatic carboxylic acids is 1. The smallest absolute Gasteiger partial charge is 0.337 e. The molecule has 0 saturated carbocycles. The second-order valence-corrected chi connectivity index (χ2v) is 8.31. The van der Waals surface area contributed by atoms with Gasteiger partial charge >= 0.3 is 5.97 Å². The van der Waals surface area contributed by atoms with Gasteiger partial charge in [0.05, 0.1) is 22.8 Å². The molecule has 26 heavy (non-hydrogen) atoms. The molecule has 3 rings (SSSR count). The Morgan fingerprint density at radius 2 is 2.12 bits per heavy atom. The second kappa shape index (κ2) is 7.28. The number of sulfone groups is 1. The van der Waals surface area contributed by atoms with Crippen LogP contribution in [0.25, 0.3) is 0 Å². The van der Waals surface area contributed by atoms with Gasteiger partial charge in [0.1, 0.15) is 18.0 Å². The van der Waals surface area contributed by atoms with Crippen LogP contribution in [0.15, 0.2) is 36.7 Å². The van der Waals surface area contributed by atoms with Gasteiger partial charge in [-0.3, -0.25) is 0 Å². The van der Waals surface area contributed by atoms with Crippen LogP contribution < -0.4 is 10.2 Å². The zero-order valence-electron chi connectivity index (χ0n) is 14.3. The lowest BCUT2D eigenvalue weighted by molar-refractivity contribution is 0.0698. The molecule has 2 heterocycles. The maximum atomic E-state index is 11.8. The number of nitrogens with one attached hydrogen (secondary N) is 1. The fraction of sp³-hybridized carbons (Fsp3) is 0.353. The van der Waals surface area contributed by atoms with E-state index in [-0.39, 0.29) is 23.1 Å². The number of hydrogen-bond donors (Lipinski definition) is 2. The number of carbonyl (C=O) groups is 1. The van der Waals surface area contributed by atoms with E-state index in [0.29, 0.717) is 30.3 Å². The van der Waals surface area contributed by atoms with Crippen LogP contribution in [0.4, 0.5) is 17.3 Å². The van der Waals surface area contributed by atoms with Gasteiger partial charge in [-0.1, -0.05) is 12.1 Å². The van der Waals surface area contributed by atoms with Crippen molar-refractivity contribution in [2.45, 2.75) is 19.4 Å². The molecule has 1 unspecified atom stereocenters. The first-order valence-corrected chi connectivity index (χ1v) is 10.1. The van der Waals surface area contributed by atoms with Crippen molar-refractivity contribution in [2.24, 2.45) is 0 Å². The summed E-state index contributed by atoms with van der Waals surface area (Å²) >= 11 is 0. The summed E-state index contributed by atoms with van der Waals surface area (Å²) in [6.45, 7) is 2.56. The highest BCUT2D eigenvalue weighted by Crippen LogP contribution is 2.25. The van der Waals surface area contributed by atoms with E-state index in [1.807, 2.05) is 11.8 Å². The van der Waals surface area contributed by atoms with E-state index in [2.05, 4.69) is 15.3 Å². The van der Waals surface area contributed by atoms with Gasteiger partial charge in [-0.05, 0) is 25.5 Å². The molecule has 0 amide bonds. The SMILES string of the molecule is CCN(c1cc(Nc2ccccc2C(=O)O)ncn1)C1CCS(=O)(=O)C1. The van der Waals surface area contributed by atoms with E-state index in [1.54, 1.807) is 24.3 Å². The summed E-state index contributed by atoms with van der Waals surface area (Å²) in [4.78, 5) is 21.7. The Labute approximate surface area is 151 Å². The molecule has 9 heteroatoms. The van der Waals surface area contributed by atoms with Gasteiger partial charge in [0.15, 0.2) is 9.84 Å². The number of hydrogen-bond acceptors (Lipinski definition) is 7. The lowest BCUT2D eigenvalue weighted by atomic mass is 10.2. The molecule has 1 fully saturated rings. The number of rotatable bonds is 6. The van der Waals surface area contributed by atoms with Crippen molar-refractivity contribution in [1.29, 1.82) is 0 Å². The monoisotopic (exact) mass is 376 g/mol. The van der Waals surface area contributed by atoms with Crippen molar-refractivity contribution in [2.75, 3.05) is 28.3 Å². The molecular formula is C17H20N4O4S. The summed E-state index contributed by atoms with van der Waals surface area (Å²) in [5.41, 5.74) is 0.568. The van der Waals surface area contributed by atoms with Crippen molar-refractivity contribution >= 4 is 33.1 Å². The van der Waals surface area contributed by atoms with Gasteiger partial charge in [0.2, 0.25) is 0 Å². The number of carboxylic acids is 1. The minimum absolute atomic E-state index is 0.112. The molecule has 2 aromatic rings. The summed E-state index contributed by atoms with van der Waals surface area (Å²) in [7, 11) is -3.00. The zero-order chi connectivity index (χ0) is 18.7. The quantitative estimate of drug-likeness (QED) is 0.786. The predicted octanol–water partition coefficient (Wildman–Crippen LogP) is 1.93. The lowest BCUT2D eigenvalue weighted by Gasteiger charge is -2.28. The van der Waals surface area contributed by atoms with Crippen LogP contribution in [-0.4, -0.2) is 53.6 Å². The minimum Gasteiger partial charge on any atom is -0.478 e. The summed E-state index contributed by atoms with van der Waals surface area (Å²) in [6, 6.07) is 8.14. The van der Waals surface area contributed by atoms with Crippen molar-refractivity contribution in [3.8, 4) is 0 Å². The first-order valence-electron chi connectivity index (χ1n) is 8.28. The third kappa shape index (κ3) is 3.93. The summed E-state index contributed by atoms with van der Waals surface area (Å²) in [6.07, 6.45) is 1.96. The van der Waals surface area contributed by atoms with E-state index in [4.69, 9.17) is 0 Å². The van der Waals surface area contributed by atoms with E-state index in [1.165, 1.54) is 12.4 Å². The van der Waals surface area contributed by atoms with Crippen LogP contribution in [0.3, 0.4) is 0 Å². The largest absolute Gasteiger partial charge is 0.478 e. The lowest BCUT2D eigenvalue weighted by Crippen LogP contribution is -2.36. The van der Waals surface area contributed by atoms with Crippen LogP contribution in [0.2, 0.25) is 0 Å². The average molecular weight is 376 g/mol. The summed E-state index contributed by atoms with van der Waals surface area (Å²) < 4.78 is 23.5. The van der Waals surface area contributed by atoms with E-state index in [0.717, 1.165) is 0 Å². The fourth-order valence-electron chi connectivity index (χ4n) is 3.12. The number of aromatic nitrogens is 2. The molecule has 8 nitrogen and oxygen atoms in total. The van der Waals surface area contributed by atoms with Crippen LogP contribution in [0.1, 0.15) is 23.7 Å². The predicted molar refractivity (Wildman–Crippen MR) is 98.8 cm³/mol. The maximum absolute atomic E-state index is 11.8. The third-order valence-electron chi connectivity index (χ3n) is 4.36. The molecule has 1 aliphatic heterocycles. The molecule has 1 saturated heterocycles. The summed E-state index contributed by atoms with van der Waals surface area (Å²) in [5.74, 6) is 0.336. The first kappa shape index (κ1) is 18.1. The molecule has 138 valence electrons. The molecule has 0 spiro atoms. The van der Waals surface area contributed by atoms with Crippen molar-refractivity contribution in [1.82, 2.24) is 9.97 Å².